The Morgan fingerprint density at radius 3 is 2.68 bits per heavy atom. The standard InChI is InChI=1S/C15H22N2O2/c1-11-6-7-14(19-3)13(10-11)16-15(18)12(2)17-8-4-5-9-17/h6-7,10,12H,4-5,8-9H2,1-3H3,(H,16,18)/p+1/t12-/m1/s1. The molecule has 19 heavy (non-hydrogen) atoms. The summed E-state index contributed by atoms with van der Waals surface area (Å²) in [5, 5.41) is 2.99. The molecule has 0 radical (unpaired) electrons. The van der Waals surface area contributed by atoms with Gasteiger partial charge in [-0.05, 0) is 31.5 Å². The number of hydrogen-bond acceptors (Lipinski definition) is 2. The summed E-state index contributed by atoms with van der Waals surface area (Å²) in [5.41, 5.74) is 1.87. The number of rotatable bonds is 4. The number of nitrogens with one attached hydrogen (secondary N) is 2. The van der Waals surface area contributed by atoms with Crippen molar-refractivity contribution in [2.24, 2.45) is 0 Å². The summed E-state index contributed by atoms with van der Waals surface area (Å²) in [6, 6.07) is 5.80. The van der Waals surface area contributed by atoms with Crippen molar-refractivity contribution >= 4 is 11.6 Å². The van der Waals surface area contributed by atoms with E-state index in [1.807, 2.05) is 32.0 Å². The predicted octanol–water partition coefficient (Wildman–Crippen LogP) is 1.01. The highest BCUT2D eigenvalue weighted by Gasteiger charge is 2.28. The van der Waals surface area contributed by atoms with Crippen LogP contribution in [0.4, 0.5) is 5.69 Å². The summed E-state index contributed by atoms with van der Waals surface area (Å²) in [4.78, 5) is 13.7. The average molecular weight is 263 g/mol. The molecule has 0 aromatic heterocycles. The molecule has 1 aromatic carbocycles. The molecule has 0 unspecified atom stereocenters. The van der Waals surface area contributed by atoms with E-state index in [0.717, 1.165) is 24.3 Å². The molecule has 2 rings (SSSR count). The molecule has 1 atom stereocenters. The lowest BCUT2D eigenvalue weighted by Gasteiger charge is -2.20. The first kappa shape index (κ1) is 13.9. The second kappa shape index (κ2) is 6.06. The van der Waals surface area contributed by atoms with Gasteiger partial charge in [0.25, 0.3) is 5.91 Å². The lowest BCUT2D eigenvalue weighted by atomic mass is 10.2. The zero-order chi connectivity index (χ0) is 13.8. The van der Waals surface area contributed by atoms with Gasteiger partial charge >= 0.3 is 0 Å². The highest BCUT2D eigenvalue weighted by atomic mass is 16.5. The van der Waals surface area contributed by atoms with Gasteiger partial charge in [0.2, 0.25) is 0 Å². The van der Waals surface area contributed by atoms with Crippen LogP contribution in [0.3, 0.4) is 0 Å². The minimum absolute atomic E-state index is 0.00674. The third-order valence-corrected chi connectivity index (χ3v) is 3.86. The van der Waals surface area contributed by atoms with Gasteiger partial charge in [0.1, 0.15) is 5.75 Å². The van der Waals surface area contributed by atoms with Crippen molar-refractivity contribution in [3.63, 3.8) is 0 Å². The first-order chi connectivity index (χ1) is 9.11. The van der Waals surface area contributed by atoms with Crippen LogP contribution in [0.15, 0.2) is 18.2 Å². The minimum Gasteiger partial charge on any atom is -0.495 e. The number of anilines is 1. The summed E-state index contributed by atoms with van der Waals surface area (Å²) in [7, 11) is 1.62. The lowest BCUT2D eigenvalue weighted by molar-refractivity contribution is -0.901. The summed E-state index contributed by atoms with van der Waals surface area (Å²) >= 11 is 0. The minimum atomic E-state index is -0.00674. The second-order valence-electron chi connectivity index (χ2n) is 5.28. The molecule has 4 nitrogen and oxygen atoms in total. The fourth-order valence-electron chi connectivity index (χ4n) is 2.61. The molecule has 4 heteroatoms. The molecule has 1 aliphatic rings. The highest BCUT2D eigenvalue weighted by Crippen LogP contribution is 2.25. The van der Waals surface area contributed by atoms with Crippen LogP contribution in [0.25, 0.3) is 0 Å². The van der Waals surface area contributed by atoms with Crippen LogP contribution in [0.2, 0.25) is 0 Å². The number of likely N-dealkylation sites (tertiary alicyclic amines) is 1. The molecular formula is C15H23N2O2+. The summed E-state index contributed by atoms with van der Waals surface area (Å²) in [6.07, 6.45) is 2.45. The van der Waals surface area contributed by atoms with E-state index in [2.05, 4.69) is 5.32 Å². The van der Waals surface area contributed by atoms with Crippen LogP contribution in [-0.4, -0.2) is 32.1 Å². The molecule has 1 aromatic rings. The molecule has 0 aliphatic carbocycles. The molecule has 1 fully saturated rings. The largest absolute Gasteiger partial charge is 0.495 e. The zero-order valence-corrected chi connectivity index (χ0v) is 12.0. The molecule has 1 amide bonds. The summed E-state index contributed by atoms with van der Waals surface area (Å²) < 4.78 is 5.28. The van der Waals surface area contributed by atoms with E-state index < -0.39 is 0 Å². The molecular weight excluding hydrogens is 240 g/mol. The maximum absolute atomic E-state index is 12.3. The highest BCUT2D eigenvalue weighted by molar-refractivity contribution is 5.95. The van der Waals surface area contributed by atoms with Gasteiger partial charge in [-0.1, -0.05) is 6.07 Å². The predicted molar refractivity (Wildman–Crippen MR) is 75.8 cm³/mol. The van der Waals surface area contributed by atoms with Crippen LogP contribution in [0.5, 0.6) is 5.75 Å². The smallest absolute Gasteiger partial charge is 0.282 e. The number of quaternary nitrogens is 1. The van der Waals surface area contributed by atoms with Gasteiger partial charge in [0.15, 0.2) is 6.04 Å². The monoisotopic (exact) mass is 263 g/mol. The van der Waals surface area contributed by atoms with Gasteiger partial charge in [0, 0.05) is 12.8 Å². The van der Waals surface area contributed by atoms with Crippen molar-refractivity contribution in [2.45, 2.75) is 32.7 Å². The molecule has 1 aliphatic heterocycles. The topological polar surface area (TPSA) is 42.8 Å². The Morgan fingerprint density at radius 1 is 1.37 bits per heavy atom. The van der Waals surface area contributed by atoms with Gasteiger partial charge < -0.3 is 15.0 Å². The van der Waals surface area contributed by atoms with Crippen molar-refractivity contribution in [1.82, 2.24) is 0 Å². The Bertz CT molecular complexity index is 453. The van der Waals surface area contributed by atoms with Crippen molar-refractivity contribution in [3.05, 3.63) is 23.8 Å². The number of benzene rings is 1. The van der Waals surface area contributed by atoms with Gasteiger partial charge in [-0.3, -0.25) is 4.79 Å². The maximum Gasteiger partial charge on any atom is 0.282 e. The molecule has 104 valence electrons. The Kier molecular flexibility index (Phi) is 4.43. The number of amides is 1. The van der Waals surface area contributed by atoms with Crippen LogP contribution < -0.4 is 15.0 Å². The van der Waals surface area contributed by atoms with Crippen molar-refractivity contribution < 1.29 is 14.4 Å². The van der Waals surface area contributed by atoms with E-state index >= 15 is 0 Å². The number of ether oxygens (including phenoxy) is 1. The maximum atomic E-state index is 12.3. The number of hydrogen-bond donors (Lipinski definition) is 2. The third kappa shape index (κ3) is 3.26. The Hall–Kier alpha value is -1.55. The lowest BCUT2D eigenvalue weighted by Crippen LogP contribution is -3.14. The van der Waals surface area contributed by atoms with E-state index in [9.17, 15) is 4.79 Å². The Labute approximate surface area is 114 Å². The van der Waals surface area contributed by atoms with E-state index in [-0.39, 0.29) is 11.9 Å². The van der Waals surface area contributed by atoms with Crippen LogP contribution in [-0.2, 0) is 4.79 Å². The van der Waals surface area contributed by atoms with E-state index in [0.29, 0.717) is 5.75 Å². The van der Waals surface area contributed by atoms with Gasteiger partial charge in [0.05, 0.1) is 25.9 Å². The first-order valence-corrected chi connectivity index (χ1v) is 6.92. The third-order valence-electron chi connectivity index (χ3n) is 3.86. The van der Waals surface area contributed by atoms with Crippen molar-refractivity contribution in [2.75, 3.05) is 25.5 Å². The second-order valence-corrected chi connectivity index (χ2v) is 5.28. The molecule has 0 bridgehead atoms. The van der Waals surface area contributed by atoms with Crippen LogP contribution >= 0.6 is 0 Å². The van der Waals surface area contributed by atoms with Crippen molar-refractivity contribution in [3.8, 4) is 5.75 Å². The normalized spacial score (nSPS) is 17.2. The summed E-state index contributed by atoms with van der Waals surface area (Å²) in [6.45, 7) is 6.20. The van der Waals surface area contributed by atoms with Crippen LogP contribution in [0, 0.1) is 6.92 Å². The van der Waals surface area contributed by atoms with E-state index in [1.165, 1.54) is 17.7 Å². The zero-order valence-electron chi connectivity index (χ0n) is 12.0. The number of carbonyl (C=O) groups is 1. The molecule has 0 spiro atoms. The van der Waals surface area contributed by atoms with Gasteiger partial charge in [-0.15, -0.1) is 0 Å². The molecule has 1 saturated heterocycles. The van der Waals surface area contributed by atoms with Gasteiger partial charge in [-0.2, -0.15) is 0 Å². The number of carbonyl (C=O) groups excluding carboxylic acids is 1. The first-order valence-electron chi connectivity index (χ1n) is 6.92. The Morgan fingerprint density at radius 2 is 2.05 bits per heavy atom. The van der Waals surface area contributed by atoms with Crippen LogP contribution in [0.1, 0.15) is 25.3 Å². The molecule has 1 heterocycles. The average Bonchev–Trinajstić information content (AvgIpc) is 2.92. The number of methoxy groups -OCH3 is 1. The van der Waals surface area contributed by atoms with Gasteiger partial charge in [-0.25, -0.2) is 0 Å². The van der Waals surface area contributed by atoms with E-state index in [1.54, 1.807) is 7.11 Å². The molecule has 2 N–H and O–H groups in total. The fourth-order valence-corrected chi connectivity index (χ4v) is 2.61. The molecule has 0 saturated carbocycles. The van der Waals surface area contributed by atoms with E-state index in [4.69, 9.17) is 4.74 Å². The SMILES string of the molecule is COc1ccc(C)cc1NC(=O)[C@@H](C)[NH+]1CCCC1. The number of aryl methyl sites for hydroxylation is 1. The fraction of sp³-hybridized carbons (Fsp3) is 0.533. The van der Waals surface area contributed by atoms with Crippen molar-refractivity contribution in [1.29, 1.82) is 0 Å². The summed E-state index contributed by atoms with van der Waals surface area (Å²) in [5.74, 6) is 0.781. The quantitative estimate of drug-likeness (QED) is 0.851. The Balaban J connectivity index is 2.07.